The molecule has 0 heterocycles. The van der Waals surface area contributed by atoms with E-state index in [1.807, 2.05) is 6.07 Å². The maximum Gasteiger partial charge on any atom is 0.115 e. The zero-order chi connectivity index (χ0) is 8.97. The van der Waals surface area contributed by atoms with Crippen molar-refractivity contribution in [2.45, 2.75) is 12.5 Å². The van der Waals surface area contributed by atoms with Gasteiger partial charge in [-0.25, -0.2) is 0 Å². The van der Waals surface area contributed by atoms with Gasteiger partial charge >= 0.3 is 0 Å². The molecular formula is C9H15ClN2O. The van der Waals surface area contributed by atoms with Crippen LogP contribution in [0.5, 0.6) is 5.75 Å². The van der Waals surface area contributed by atoms with Gasteiger partial charge in [0.15, 0.2) is 0 Å². The molecule has 0 fully saturated rings. The van der Waals surface area contributed by atoms with E-state index in [2.05, 4.69) is 0 Å². The molecule has 0 bridgehead atoms. The van der Waals surface area contributed by atoms with Crippen molar-refractivity contribution in [2.75, 3.05) is 6.54 Å². The van der Waals surface area contributed by atoms with E-state index in [1.165, 1.54) is 0 Å². The van der Waals surface area contributed by atoms with Crippen molar-refractivity contribution in [2.24, 2.45) is 11.5 Å². The Balaban J connectivity index is 0.00000144. The van der Waals surface area contributed by atoms with Crippen LogP contribution in [-0.4, -0.2) is 11.7 Å². The molecule has 0 aliphatic rings. The van der Waals surface area contributed by atoms with Crippen molar-refractivity contribution in [3.63, 3.8) is 0 Å². The van der Waals surface area contributed by atoms with Crippen LogP contribution in [0.2, 0.25) is 0 Å². The standard InChI is InChI=1S/C9H14N2O.ClH/c10-5-4-9(11)7-2-1-3-8(12)6-7;/h1-3,6,9,12H,4-5,10-11H2;1H/t9-;/m0./s1. The molecule has 13 heavy (non-hydrogen) atoms. The SMILES string of the molecule is Cl.NCC[C@H](N)c1cccc(O)c1. The van der Waals surface area contributed by atoms with Crippen LogP contribution in [0.1, 0.15) is 18.0 Å². The smallest absolute Gasteiger partial charge is 0.115 e. The van der Waals surface area contributed by atoms with Crippen molar-refractivity contribution in [1.82, 2.24) is 0 Å². The highest BCUT2D eigenvalue weighted by atomic mass is 35.5. The number of aromatic hydroxyl groups is 1. The third-order valence-electron chi connectivity index (χ3n) is 1.78. The zero-order valence-electron chi connectivity index (χ0n) is 7.31. The highest BCUT2D eigenvalue weighted by Gasteiger charge is 2.04. The molecular weight excluding hydrogens is 188 g/mol. The van der Waals surface area contributed by atoms with E-state index >= 15 is 0 Å². The summed E-state index contributed by atoms with van der Waals surface area (Å²) in [6.07, 6.45) is 0.740. The molecule has 0 unspecified atom stereocenters. The van der Waals surface area contributed by atoms with Crippen molar-refractivity contribution in [3.8, 4) is 5.75 Å². The number of hydrogen-bond acceptors (Lipinski definition) is 3. The first-order chi connectivity index (χ1) is 5.74. The molecule has 5 N–H and O–H groups in total. The monoisotopic (exact) mass is 202 g/mol. The fraction of sp³-hybridized carbons (Fsp3) is 0.333. The minimum absolute atomic E-state index is 0. The van der Waals surface area contributed by atoms with Crippen LogP contribution in [0.4, 0.5) is 0 Å². The first kappa shape index (κ1) is 12.2. The molecule has 1 atom stereocenters. The highest BCUT2D eigenvalue weighted by molar-refractivity contribution is 5.85. The molecule has 1 aromatic rings. The van der Waals surface area contributed by atoms with Gasteiger partial charge in [0.25, 0.3) is 0 Å². The van der Waals surface area contributed by atoms with Gasteiger partial charge in [-0.15, -0.1) is 12.4 Å². The Kier molecular flexibility index (Phi) is 5.46. The fourth-order valence-corrected chi connectivity index (χ4v) is 1.10. The van der Waals surface area contributed by atoms with Gasteiger partial charge in [0, 0.05) is 6.04 Å². The Morgan fingerprint density at radius 2 is 2.08 bits per heavy atom. The summed E-state index contributed by atoms with van der Waals surface area (Å²) in [6.45, 7) is 0.566. The molecule has 0 radical (unpaired) electrons. The predicted molar refractivity (Wildman–Crippen MR) is 56.0 cm³/mol. The van der Waals surface area contributed by atoms with Crippen LogP contribution in [0.15, 0.2) is 24.3 Å². The third-order valence-corrected chi connectivity index (χ3v) is 1.78. The number of rotatable bonds is 3. The van der Waals surface area contributed by atoms with Gasteiger partial charge in [-0.2, -0.15) is 0 Å². The summed E-state index contributed by atoms with van der Waals surface area (Å²) >= 11 is 0. The van der Waals surface area contributed by atoms with Crippen LogP contribution in [-0.2, 0) is 0 Å². The maximum atomic E-state index is 9.14. The summed E-state index contributed by atoms with van der Waals surface area (Å²) in [7, 11) is 0. The minimum Gasteiger partial charge on any atom is -0.508 e. The van der Waals surface area contributed by atoms with Crippen LogP contribution in [0.3, 0.4) is 0 Å². The summed E-state index contributed by atoms with van der Waals surface area (Å²) in [5.41, 5.74) is 12.1. The summed E-state index contributed by atoms with van der Waals surface area (Å²) in [5, 5.41) is 9.14. The van der Waals surface area contributed by atoms with Crippen LogP contribution >= 0.6 is 12.4 Å². The molecule has 4 heteroatoms. The molecule has 0 spiro atoms. The molecule has 0 saturated carbocycles. The lowest BCUT2D eigenvalue weighted by Gasteiger charge is -2.10. The largest absolute Gasteiger partial charge is 0.508 e. The number of halogens is 1. The molecule has 0 saturated heterocycles. The number of hydrogen-bond donors (Lipinski definition) is 3. The second-order valence-corrected chi connectivity index (χ2v) is 2.78. The van der Waals surface area contributed by atoms with Gasteiger partial charge < -0.3 is 16.6 Å². The maximum absolute atomic E-state index is 9.14. The Morgan fingerprint density at radius 3 is 2.62 bits per heavy atom. The summed E-state index contributed by atoms with van der Waals surface area (Å²) in [6, 6.07) is 6.89. The lowest BCUT2D eigenvalue weighted by molar-refractivity contribution is 0.473. The van der Waals surface area contributed by atoms with Gasteiger partial charge in [0.1, 0.15) is 5.75 Å². The Hall–Kier alpha value is -0.770. The van der Waals surface area contributed by atoms with E-state index in [0.717, 1.165) is 12.0 Å². The van der Waals surface area contributed by atoms with Crippen LogP contribution in [0, 0.1) is 0 Å². The minimum atomic E-state index is -0.0675. The number of phenolic OH excluding ortho intramolecular Hbond substituents is 1. The molecule has 74 valence electrons. The summed E-state index contributed by atoms with van der Waals surface area (Å²) in [4.78, 5) is 0. The van der Waals surface area contributed by atoms with Gasteiger partial charge in [-0.05, 0) is 30.7 Å². The molecule has 0 aromatic heterocycles. The lowest BCUT2D eigenvalue weighted by atomic mass is 10.0. The predicted octanol–water partition coefficient (Wildman–Crippen LogP) is 1.16. The van der Waals surface area contributed by atoms with E-state index in [9.17, 15) is 0 Å². The average Bonchev–Trinajstić information content (AvgIpc) is 2.05. The highest BCUT2D eigenvalue weighted by Crippen LogP contribution is 2.17. The molecule has 0 aliphatic heterocycles. The molecule has 1 rings (SSSR count). The summed E-state index contributed by atoms with van der Waals surface area (Å²) < 4.78 is 0. The second kappa shape index (κ2) is 5.80. The first-order valence-electron chi connectivity index (χ1n) is 3.98. The van der Waals surface area contributed by atoms with E-state index in [1.54, 1.807) is 18.2 Å². The van der Waals surface area contributed by atoms with Crippen LogP contribution in [0.25, 0.3) is 0 Å². The van der Waals surface area contributed by atoms with E-state index in [-0.39, 0.29) is 24.2 Å². The van der Waals surface area contributed by atoms with Crippen molar-refractivity contribution < 1.29 is 5.11 Å². The first-order valence-corrected chi connectivity index (χ1v) is 3.98. The van der Waals surface area contributed by atoms with Gasteiger partial charge in [-0.3, -0.25) is 0 Å². The van der Waals surface area contributed by atoms with Gasteiger partial charge in [0.05, 0.1) is 0 Å². The average molecular weight is 203 g/mol. The molecule has 3 nitrogen and oxygen atoms in total. The van der Waals surface area contributed by atoms with Gasteiger partial charge in [-0.1, -0.05) is 12.1 Å². The van der Waals surface area contributed by atoms with Crippen LogP contribution < -0.4 is 11.5 Å². The Morgan fingerprint density at radius 1 is 1.38 bits per heavy atom. The number of benzene rings is 1. The van der Waals surface area contributed by atoms with E-state index in [0.29, 0.717) is 6.54 Å². The number of nitrogens with two attached hydrogens (primary N) is 2. The van der Waals surface area contributed by atoms with E-state index < -0.39 is 0 Å². The van der Waals surface area contributed by atoms with Crippen molar-refractivity contribution in [3.05, 3.63) is 29.8 Å². The third kappa shape index (κ3) is 3.63. The Labute approximate surface area is 84.2 Å². The Bertz CT molecular complexity index is 255. The molecule has 1 aromatic carbocycles. The number of phenols is 1. The lowest BCUT2D eigenvalue weighted by Crippen LogP contribution is -2.14. The van der Waals surface area contributed by atoms with Crippen molar-refractivity contribution >= 4 is 12.4 Å². The zero-order valence-corrected chi connectivity index (χ0v) is 8.13. The topological polar surface area (TPSA) is 72.3 Å². The van der Waals surface area contributed by atoms with E-state index in [4.69, 9.17) is 16.6 Å². The van der Waals surface area contributed by atoms with Crippen molar-refractivity contribution in [1.29, 1.82) is 0 Å². The molecule has 0 amide bonds. The van der Waals surface area contributed by atoms with Gasteiger partial charge in [0.2, 0.25) is 0 Å². The normalized spacial score (nSPS) is 11.8. The summed E-state index contributed by atoms with van der Waals surface area (Å²) in [5.74, 6) is 0.250. The quantitative estimate of drug-likeness (QED) is 0.689. The molecule has 0 aliphatic carbocycles. The fourth-order valence-electron chi connectivity index (χ4n) is 1.10. The second-order valence-electron chi connectivity index (χ2n) is 2.78.